The average Bonchev–Trinajstić information content (AvgIpc) is 3.14. The van der Waals surface area contributed by atoms with Crippen molar-refractivity contribution in [1.82, 2.24) is 9.88 Å². The SMILES string of the molecule is CCNc1ccc(CC(=O)N2CCN(c3nc4ccccc4s3)CC2)cc1. The van der Waals surface area contributed by atoms with E-state index < -0.39 is 0 Å². The Balaban J connectivity index is 1.33. The maximum absolute atomic E-state index is 12.6. The van der Waals surface area contributed by atoms with Crippen LogP contribution in [0.3, 0.4) is 0 Å². The summed E-state index contributed by atoms with van der Waals surface area (Å²) in [5, 5.41) is 4.33. The Morgan fingerprint density at radius 1 is 1.07 bits per heavy atom. The highest BCUT2D eigenvalue weighted by atomic mass is 32.1. The second-order valence-electron chi connectivity index (χ2n) is 6.74. The molecule has 1 amide bonds. The first-order chi connectivity index (χ1) is 13.2. The van der Waals surface area contributed by atoms with Gasteiger partial charge in [0.1, 0.15) is 0 Å². The van der Waals surface area contributed by atoms with Crippen LogP contribution >= 0.6 is 11.3 Å². The van der Waals surface area contributed by atoms with Gasteiger partial charge in [0.05, 0.1) is 16.6 Å². The van der Waals surface area contributed by atoms with Crippen LogP contribution < -0.4 is 10.2 Å². The Labute approximate surface area is 163 Å². The molecular weight excluding hydrogens is 356 g/mol. The molecule has 0 saturated carbocycles. The number of hydrogen-bond donors (Lipinski definition) is 1. The van der Waals surface area contributed by atoms with Crippen molar-refractivity contribution >= 4 is 38.3 Å². The van der Waals surface area contributed by atoms with E-state index in [1.165, 1.54) is 4.70 Å². The number of anilines is 2. The number of fused-ring (bicyclic) bond motifs is 1. The fourth-order valence-corrected chi connectivity index (χ4v) is 4.39. The van der Waals surface area contributed by atoms with Gasteiger partial charge in [-0.3, -0.25) is 4.79 Å². The van der Waals surface area contributed by atoms with E-state index >= 15 is 0 Å². The highest BCUT2D eigenvalue weighted by Crippen LogP contribution is 2.29. The van der Waals surface area contributed by atoms with Crippen molar-refractivity contribution in [2.24, 2.45) is 0 Å². The molecule has 1 fully saturated rings. The molecule has 0 atom stereocenters. The average molecular weight is 381 g/mol. The van der Waals surface area contributed by atoms with E-state index in [0.29, 0.717) is 6.42 Å². The number of carbonyl (C=O) groups is 1. The molecular formula is C21H24N4OS. The largest absolute Gasteiger partial charge is 0.385 e. The van der Waals surface area contributed by atoms with Crippen LogP contribution in [0.2, 0.25) is 0 Å². The van der Waals surface area contributed by atoms with E-state index in [0.717, 1.165) is 54.6 Å². The zero-order chi connectivity index (χ0) is 18.6. The number of benzene rings is 2. The number of piperazine rings is 1. The maximum Gasteiger partial charge on any atom is 0.227 e. The Bertz CT molecular complexity index is 880. The summed E-state index contributed by atoms with van der Waals surface area (Å²) >= 11 is 1.73. The zero-order valence-electron chi connectivity index (χ0n) is 15.5. The Hall–Kier alpha value is -2.60. The first kappa shape index (κ1) is 17.8. The summed E-state index contributed by atoms with van der Waals surface area (Å²) in [7, 11) is 0. The molecule has 6 heteroatoms. The van der Waals surface area contributed by atoms with Gasteiger partial charge in [-0.25, -0.2) is 4.98 Å². The van der Waals surface area contributed by atoms with Crippen molar-refractivity contribution in [1.29, 1.82) is 0 Å². The van der Waals surface area contributed by atoms with Gasteiger partial charge in [-0.1, -0.05) is 35.6 Å². The first-order valence-corrected chi connectivity index (χ1v) is 10.3. The fourth-order valence-electron chi connectivity index (χ4n) is 3.37. The van der Waals surface area contributed by atoms with Crippen LogP contribution in [0.1, 0.15) is 12.5 Å². The molecule has 1 aliphatic rings. The summed E-state index contributed by atoms with van der Waals surface area (Å²) in [4.78, 5) is 21.6. The van der Waals surface area contributed by atoms with E-state index in [1.807, 2.05) is 41.3 Å². The Morgan fingerprint density at radius 3 is 2.52 bits per heavy atom. The molecule has 140 valence electrons. The monoisotopic (exact) mass is 380 g/mol. The highest BCUT2D eigenvalue weighted by Gasteiger charge is 2.23. The predicted octanol–water partition coefficient (Wildman–Crippen LogP) is 3.62. The third kappa shape index (κ3) is 4.06. The molecule has 2 heterocycles. The maximum atomic E-state index is 12.6. The molecule has 27 heavy (non-hydrogen) atoms. The molecule has 1 N–H and O–H groups in total. The fraction of sp³-hybridized carbons (Fsp3) is 0.333. The van der Waals surface area contributed by atoms with Crippen molar-refractivity contribution in [3.05, 3.63) is 54.1 Å². The van der Waals surface area contributed by atoms with Gasteiger partial charge in [0.2, 0.25) is 5.91 Å². The number of nitrogens with zero attached hydrogens (tertiary/aromatic N) is 3. The van der Waals surface area contributed by atoms with Crippen LogP contribution in [-0.2, 0) is 11.2 Å². The minimum atomic E-state index is 0.204. The number of aromatic nitrogens is 1. The molecule has 1 aromatic heterocycles. The van der Waals surface area contributed by atoms with E-state index in [1.54, 1.807) is 11.3 Å². The van der Waals surface area contributed by atoms with Gasteiger partial charge < -0.3 is 15.1 Å². The minimum Gasteiger partial charge on any atom is -0.385 e. The van der Waals surface area contributed by atoms with Crippen molar-refractivity contribution < 1.29 is 4.79 Å². The number of nitrogens with one attached hydrogen (secondary N) is 1. The quantitative estimate of drug-likeness (QED) is 0.734. The van der Waals surface area contributed by atoms with Crippen LogP contribution in [0, 0.1) is 0 Å². The molecule has 0 aliphatic carbocycles. The molecule has 0 spiro atoms. The highest BCUT2D eigenvalue weighted by molar-refractivity contribution is 7.22. The smallest absolute Gasteiger partial charge is 0.227 e. The van der Waals surface area contributed by atoms with Crippen LogP contribution in [-0.4, -0.2) is 48.5 Å². The van der Waals surface area contributed by atoms with E-state index in [9.17, 15) is 4.79 Å². The second kappa shape index (κ2) is 7.96. The van der Waals surface area contributed by atoms with Gasteiger partial charge in [0.25, 0.3) is 0 Å². The standard InChI is InChI=1S/C21H24N4OS/c1-2-22-17-9-7-16(8-10-17)15-20(26)24-11-13-25(14-12-24)21-23-18-5-3-4-6-19(18)27-21/h3-10,22H,2,11-15H2,1H3. The molecule has 4 rings (SSSR count). The van der Waals surface area contributed by atoms with E-state index in [2.05, 4.69) is 29.3 Å². The van der Waals surface area contributed by atoms with E-state index in [-0.39, 0.29) is 5.91 Å². The summed E-state index contributed by atoms with van der Waals surface area (Å²) < 4.78 is 1.21. The van der Waals surface area contributed by atoms with E-state index in [4.69, 9.17) is 4.98 Å². The zero-order valence-corrected chi connectivity index (χ0v) is 16.3. The molecule has 3 aromatic rings. The number of thiazole rings is 1. The van der Waals surface area contributed by atoms with Gasteiger partial charge in [0.15, 0.2) is 5.13 Å². The van der Waals surface area contributed by atoms with Gasteiger partial charge in [-0.2, -0.15) is 0 Å². The normalized spacial score (nSPS) is 14.6. The van der Waals surface area contributed by atoms with Crippen LogP contribution in [0.5, 0.6) is 0 Å². The van der Waals surface area contributed by atoms with Crippen molar-refractivity contribution in [3.8, 4) is 0 Å². The van der Waals surface area contributed by atoms with Crippen LogP contribution in [0.25, 0.3) is 10.2 Å². The Kier molecular flexibility index (Phi) is 5.25. The summed E-state index contributed by atoms with van der Waals surface area (Å²) in [5.41, 5.74) is 3.21. The van der Waals surface area contributed by atoms with Crippen molar-refractivity contribution in [2.45, 2.75) is 13.3 Å². The summed E-state index contributed by atoms with van der Waals surface area (Å²) in [6, 6.07) is 16.4. The molecule has 2 aromatic carbocycles. The van der Waals surface area contributed by atoms with Crippen LogP contribution in [0.15, 0.2) is 48.5 Å². The Morgan fingerprint density at radius 2 is 1.81 bits per heavy atom. The number of carbonyl (C=O) groups excluding carboxylic acids is 1. The lowest BCUT2D eigenvalue weighted by Crippen LogP contribution is -2.49. The van der Waals surface area contributed by atoms with Gasteiger partial charge in [-0.05, 0) is 36.8 Å². The third-order valence-corrected chi connectivity index (χ3v) is 5.97. The van der Waals surface area contributed by atoms with Crippen LogP contribution in [0.4, 0.5) is 10.8 Å². The topological polar surface area (TPSA) is 48.5 Å². The van der Waals surface area contributed by atoms with Gasteiger partial charge in [0, 0.05) is 38.4 Å². The summed E-state index contributed by atoms with van der Waals surface area (Å²) in [5.74, 6) is 0.204. The summed E-state index contributed by atoms with van der Waals surface area (Å²) in [6.45, 7) is 6.16. The molecule has 0 radical (unpaired) electrons. The van der Waals surface area contributed by atoms with Crippen molar-refractivity contribution in [2.75, 3.05) is 42.9 Å². The molecule has 0 bridgehead atoms. The lowest BCUT2D eigenvalue weighted by molar-refractivity contribution is -0.130. The lowest BCUT2D eigenvalue weighted by atomic mass is 10.1. The second-order valence-corrected chi connectivity index (χ2v) is 7.75. The third-order valence-electron chi connectivity index (χ3n) is 4.88. The van der Waals surface area contributed by atoms with Crippen molar-refractivity contribution in [3.63, 3.8) is 0 Å². The molecule has 1 aliphatic heterocycles. The number of rotatable bonds is 5. The predicted molar refractivity (Wildman–Crippen MR) is 113 cm³/mol. The molecule has 1 saturated heterocycles. The first-order valence-electron chi connectivity index (χ1n) is 9.44. The minimum absolute atomic E-state index is 0.204. The lowest BCUT2D eigenvalue weighted by Gasteiger charge is -2.34. The molecule has 0 unspecified atom stereocenters. The van der Waals surface area contributed by atoms with Gasteiger partial charge >= 0.3 is 0 Å². The summed E-state index contributed by atoms with van der Waals surface area (Å²) in [6.07, 6.45) is 0.466. The number of hydrogen-bond acceptors (Lipinski definition) is 5. The molecule has 5 nitrogen and oxygen atoms in total. The number of amides is 1. The number of para-hydroxylation sites is 1. The van der Waals surface area contributed by atoms with Gasteiger partial charge in [-0.15, -0.1) is 0 Å².